The molecule has 1 aromatic heterocycles. The van der Waals surface area contributed by atoms with E-state index in [1.165, 1.54) is 5.34 Å². The average Bonchev–Trinajstić information content (AvgIpc) is 1.93. The Kier molecular flexibility index (Phi) is 12.5. The molecule has 0 saturated carbocycles. The molecule has 0 atom stereocenters. The lowest BCUT2D eigenvalue weighted by Gasteiger charge is -1.70. The molecule has 0 radical (unpaired) electrons. The number of halogens is 1. The predicted octanol–water partition coefficient (Wildman–Crippen LogP) is 1.65. The van der Waals surface area contributed by atoms with Gasteiger partial charge in [-0.25, -0.2) is 0 Å². The first-order valence-corrected chi connectivity index (χ1v) is 2.23. The molecule has 0 fully saturated rings. The Hall–Kier alpha value is -1.16. The first-order valence-electron chi connectivity index (χ1n) is 2.23. The third kappa shape index (κ3) is 9.96. The Labute approximate surface area is 64.3 Å². The molecule has 0 amide bonds. The molecule has 1 heterocycles. The summed E-state index contributed by atoms with van der Waals surface area (Å²) in [6.45, 7) is 0. The van der Waals surface area contributed by atoms with Crippen molar-refractivity contribution in [1.82, 2.24) is 4.98 Å². The summed E-state index contributed by atoms with van der Waals surface area (Å²) in [6.07, 6.45) is 3.50. The zero-order valence-corrected chi connectivity index (χ0v) is 5.86. The Morgan fingerprint density at radius 3 is 1.70 bits per heavy atom. The molecule has 0 aliphatic carbocycles. The third-order valence-corrected chi connectivity index (χ3v) is 0.566. The van der Waals surface area contributed by atoms with E-state index in [0.29, 0.717) is 0 Å². The zero-order chi connectivity index (χ0) is 6.95. The molecule has 1 aromatic rings. The molecule has 1 N–H and O–H groups in total. The second-order valence-corrected chi connectivity index (χ2v) is 1.11. The quantitative estimate of drug-likeness (QED) is 0.466. The van der Waals surface area contributed by atoms with Crippen molar-refractivity contribution in [3.8, 4) is 0 Å². The third-order valence-electron chi connectivity index (χ3n) is 0.566. The van der Waals surface area contributed by atoms with E-state index in [0.717, 1.165) is 0 Å². The van der Waals surface area contributed by atoms with Crippen molar-refractivity contribution >= 4 is 12.4 Å². The van der Waals surface area contributed by atoms with Crippen molar-refractivity contribution in [3.63, 3.8) is 0 Å². The Morgan fingerprint density at radius 2 is 1.60 bits per heavy atom. The molecule has 5 heteroatoms. The second kappa shape index (κ2) is 10.8. The van der Waals surface area contributed by atoms with Crippen LogP contribution in [0.1, 0.15) is 0 Å². The first kappa shape index (κ1) is 11.6. The van der Waals surface area contributed by atoms with Crippen molar-refractivity contribution in [2.45, 2.75) is 0 Å². The van der Waals surface area contributed by atoms with Gasteiger partial charge in [-0.2, -0.15) is 0 Å². The van der Waals surface area contributed by atoms with E-state index >= 15 is 0 Å². The number of aromatic nitrogens is 1. The minimum atomic E-state index is 0. The van der Waals surface area contributed by atoms with Crippen LogP contribution in [0, 0.1) is 4.91 Å². The summed E-state index contributed by atoms with van der Waals surface area (Å²) in [5, 5.41) is 7.89. The summed E-state index contributed by atoms with van der Waals surface area (Å²) in [6, 6.07) is 5.72. The van der Waals surface area contributed by atoms with Gasteiger partial charge in [-0.3, -0.25) is 4.98 Å². The minimum absolute atomic E-state index is 0. The lowest BCUT2D eigenvalue weighted by atomic mass is 10.5. The SMILES string of the molecule is Cl.O=NO.c1ccncc1. The maximum absolute atomic E-state index is 8.11. The molecule has 0 saturated heterocycles. The topological polar surface area (TPSA) is 62.5 Å². The normalized spacial score (nSPS) is 6.00. The summed E-state index contributed by atoms with van der Waals surface area (Å²) in [5.74, 6) is 0. The van der Waals surface area contributed by atoms with Crippen molar-refractivity contribution in [1.29, 1.82) is 0 Å². The largest absolute Gasteiger partial charge is 0.379 e. The Morgan fingerprint density at radius 1 is 1.20 bits per heavy atom. The van der Waals surface area contributed by atoms with Gasteiger partial charge in [0, 0.05) is 12.4 Å². The van der Waals surface area contributed by atoms with Gasteiger partial charge >= 0.3 is 0 Å². The van der Waals surface area contributed by atoms with Crippen molar-refractivity contribution in [3.05, 3.63) is 35.5 Å². The van der Waals surface area contributed by atoms with Crippen LogP contribution in [0.15, 0.2) is 35.9 Å². The van der Waals surface area contributed by atoms with Crippen LogP contribution in [-0.4, -0.2) is 10.2 Å². The van der Waals surface area contributed by atoms with Crippen LogP contribution in [0.5, 0.6) is 0 Å². The Balaban J connectivity index is 0. The van der Waals surface area contributed by atoms with Crippen molar-refractivity contribution < 1.29 is 5.21 Å². The van der Waals surface area contributed by atoms with Gasteiger partial charge in [-0.05, 0) is 12.1 Å². The lowest BCUT2D eigenvalue weighted by molar-refractivity contribution is 0.312. The maximum Gasteiger partial charge on any atom is 0.152 e. The molecular formula is C5H7ClN2O2. The summed E-state index contributed by atoms with van der Waals surface area (Å²) >= 11 is 0. The lowest BCUT2D eigenvalue weighted by Crippen LogP contribution is -1.58. The standard InChI is InChI=1S/C5H5N.ClH.HNO2/c1-2-4-6-5-3-1;;2-1-3/h1-5H;1H;(H,2,3). The van der Waals surface area contributed by atoms with Gasteiger partial charge in [0.15, 0.2) is 5.34 Å². The van der Waals surface area contributed by atoms with Crippen LogP contribution in [0.25, 0.3) is 0 Å². The molecule has 4 nitrogen and oxygen atoms in total. The number of pyridine rings is 1. The fourth-order valence-corrected chi connectivity index (χ4v) is 0.313. The van der Waals surface area contributed by atoms with Gasteiger partial charge < -0.3 is 5.21 Å². The highest BCUT2D eigenvalue weighted by molar-refractivity contribution is 5.85. The molecule has 0 unspecified atom stereocenters. The van der Waals surface area contributed by atoms with Crippen LogP contribution in [-0.2, 0) is 0 Å². The zero-order valence-electron chi connectivity index (χ0n) is 5.04. The van der Waals surface area contributed by atoms with E-state index < -0.39 is 0 Å². The molecular weight excluding hydrogens is 156 g/mol. The number of nitrogens with zero attached hydrogens (tertiary/aromatic N) is 2. The van der Waals surface area contributed by atoms with E-state index in [-0.39, 0.29) is 12.4 Å². The summed E-state index contributed by atoms with van der Waals surface area (Å²) < 4.78 is 0. The average molecular weight is 163 g/mol. The van der Waals surface area contributed by atoms with Gasteiger partial charge in [-0.1, -0.05) is 6.07 Å². The number of hydrogen-bond acceptors (Lipinski definition) is 3. The van der Waals surface area contributed by atoms with E-state index in [9.17, 15) is 0 Å². The van der Waals surface area contributed by atoms with Crippen LogP contribution in [0.4, 0.5) is 0 Å². The maximum atomic E-state index is 8.11. The molecule has 1 rings (SSSR count). The first-order chi connectivity index (χ1) is 4.41. The van der Waals surface area contributed by atoms with E-state index in [4.69, 9.17) is 10.1 Å². The van der Waals surface area contributed by atoms with Gasteiger partial charge in [0.05, 0.1) is 0 Å². The van der Waals surface area contributed by atoms with Gasteiger partial charge in [0.1, 0.15) is 0 Å². The Bertz CT molecular complexity index is 121. The van der Waals surface area contributed by atoms with Crippen LogP contribution >= 0.6 is 12.4 Å². The number of rotatable bonds is 0. The fourth-order valence-electron chi connectivity index (χ4n) is 0.313. The summed E-state index contributed by atoms with van der Waals surface area (Å²) in [7, 11) is 0. The molecule has 0 spiro atoms. The van der Waals surface area contributed by atoms with E-state index in [1.54, 1.807) is 12.4 Å². The van der Waals surface area contributed by atoms with Crippen LogP contribution in [0.2, 0.25) is 0 Å². The highest BCUT2D eigenvalue weighted by atomic mass is 35.5. The molecule has 0 aliphatic rings. The molecule has 56 valence electrons. The summed E-state index contributed by atoms with van der Waals surface area (Å²) in [5.41, 5.74) is 0. The second-order valence-electron chi connectivity index (χ2n) is 1.11. The highest BCUT2D eigenvalue weighted by Crippen LogP contribution is 1.73. The van der Waals surface area contributed by atoms with Gasteiger partial charge in [0.25, 0.3) is 0 Å². The molecule has 0 aromatic carbocycles. The molecule has 0 bridgehead atoms. The fraction of sp³-hybridized carbons (Fsp3) is 0. The highest BCUT2D eigenvalue weighted by Gasteiger charge is 1.58. The molecule has 0 aliphatic heterocycles. The van der Waals surface area contributed by atoms with Crippen molar-refractivity contribution in [2.24, 2.45) is 5.34 Å². The van der Waals surface area contributed by atoms with Crippen LogP contribution in [0.3, 0.4) is 0 Å². The predicted molar refractivity (Wildman–Crippen MR) is 39.1 cm³/mol. The van der Waals surface area contributed by atoms with Gasteiger partial charge in [0.2, 0.25) is 0 Å². The number of hydrogen-bond donors (Lipinski definition) is 1. The van der Waals surface area contributed by atoms with Crippen LogP contribution < -0.4 is 0 Å². The van der Waals surface area contributed by atoms with Gasteiger partial charge in [-0.15, -0.1) is 17.3 Å². The minimum Gasteiger partial charge on any atom is -0.379 e. The van der Waals surface area contributed by atoms with Crippen molar-refractivity contribution in [2.75, 3.05) is 0 Å². The monoisotopic (exact) mass is 162 g/mol. The van der Waals surface area contributed by atoms with E-state index in [1.807, 2.05) is 18.2 Å². The van der Waals surface area contributed by atoms with E-state index in [2.05, 4.69) is 4.98 Å². The molecule has 10 heavy (non-hydrogen) atoms. The smallest absolute Gasteiger partial charge is 0.152 e. The summed E-state index contributed by atoms with van der Waals surface area (Å²) in [4.78, 5) is 11.9.